The van der Waals surface area contributed by atoms with Crippen LogP contribution in [0.25, 0.3) is 0 Å². The fraction of sp³-hybridized carbons (Fsp3) is 0.538. The second kappa shape index (κ2) is 5.97. The van der Waals surface area contributed by atoms with Crippen LogP contribution in [-0.4, -0.2) is 19.8 Å². The number of hydrogen-bond donors (Lipinski definition) is 1. The van der Waals surface area contributed by atoms with Crippen molar-refractivity contribution < 1.29 is 9.13 Å². The molecule has 0 amide bonds. The molecule has 0 aromatic heterocycles. The van der Waals surface area contributed by atoms with Crippen LogP contribution in [0, 0.1) is 19.7 Å². The number of aryl methyl sites for hydroxylation is 2. The third-order valence-electron chi connectivity index (χ3n) is 2.57. The Labute approximate surface area is 96.8 Å². The average Bonchev–Trinajstić information content (AvgIpc) is 2.23. The van der Waals surface area contributed by atoms with Crippen LogP contribution in [0.2, 0.25) is 0 Å². The first-order valence-corrected chi connectivity index (χ1v) is 5.52. The third kappa shape index (κ3) is 3.58. The molecule has 0 saturated heterocycles. The summed E-state index contributed by atoms with van der Waals surface area (Å²) in [6.45, 7) is 7.08. The van der Waals surface area contributed by atoms with Gasteiger partial charge in [0.15, 0.2) is 0 Å². The SMILES string of the molecule is COCC(C)NCc1cc(C)c(F)c(C)c1. The lowest BCUT2D eigenvalue weighted by Crippen LogP contribution is -2.29. The van der Waals surface area contributed by atoms with Gasteiger partial charge in [-0.05, 0) is 37.5 Å². The molecule has 1 unspecified atom stereocenters. The highest BCUT2D eigenvalue weighted by molar-refractivity contribution is 5.30. The molecule has 1 atom stereocenters. The number of nitrogens with one attached hydrogen (secondary N) is 1. The molecule has 2 nitrogen and oxygen atoms in total. The van der Waals surface area contributed by atoms with E-state index in [1.54, 1.807) is 21.0 Å². The Bertz CT molecular complexity index is 329. The predicted octanol–water partition coefficient (Wildman–Crippen LogP) is 2.57. The zero-order valence-electron chi connectivity index (χ0n) is 10.4. The van der Waals surface area contributed by atoms with Gasteiger partial charge in [-0.15, -0.1) is 0 Å². The van der Waals surface area contributed by atoms with Crippen molar-refractivity contribution in [2.75, 3.05) is 13.7 Å². The van der Waals surface area contributed by atoms with E-state index in [0.29, 0.717) is 23.8 Å². The van der Waals surface area contributed by atoms with Gasteiger partial charge in [0.1, 0.15) is 5.82 Å². The highest BCUT2D eigenvalue weighted by Crippen LogP contribution is 2.14. The molecule has 0 saturated carbocycles. The van der Waals surface area contributed by atoms with E-state index in [2.05, 4.69) is 12.2 Å². The van der Waals surface area contributed by atoms with Crippen LogP contribution in [0.1, 0.15) is 23.6 Å². The van der Waals surface area contributed by atoms with E-state index in [1.165, 1.54) is 0 Å². The summed E-state index contributed by atoms with van der Waals surface area (Å²) in [5.74, 6) is -0.103. The lowest BCUT2D eigenvalue weighted by Gasteiger charge is -2.13. The largest absolute Gasteiger partial charge is 0.383 e. The molecule has 0 radical (unpaired) electrons. The molecule has 16 heavy (non-hydrogen) atoms. The predicted molar refractivity (Wildman–Crippen MR) is 64.1 cm³/mol. The van der Waals surface area contributed by atoms with Gasteiger partial charge < -0.3 is 10.1 Å². The molecule has 0 heterocycles. The Hall–Kier alpha value is -0.930. The first-order valence-electron chi connectivity index (χ1n) is 5.52. The van der Waals surface area contributed by atoms with Crippen molar-refractivity contribution in [3.8, 4) is 0 Å². The molecule has 0 fully saturated rings. The summed E-state index contributed by atoms with van der Waals surface area (Å²) in [4.78, 5) is 0. The maximum absolute atomic E-state index is 13.4. The summed E-state index contributed by atoms with van der Waals surface area (Å²) in [6, 6.07) is 4.07. The van der Waals surface area contributed by atoms with Crippen LogP contribution in [0.15, 0.2) is 12.1 Å². The zero-order valence-corrected chi connectivity index (χ0v) is 10.4. The topological polar surface area (TPSA) is 21.3 Å². The molecule has 0 aliphatic rings. The third-order valence-corrected chi connectivity index (χ3v) is 2.57. The molecular weight excluding hydrogens is 205 g/mol. The smallest absolute Gasteiger partial charge is 0.129 e. The van der Waals surface area contributed by atoms with Gasteiger partial charge in [-0.1, -0.05) is 12.1 Å². The highest BCUT2D eigenvalue weighted by Gasteiger charge is 2.05. The average molecular weight is 225 g/mol. The summed E-state index contributed by atoms with van der Waals surface area (Å²) in [5.41, 5.74) is 2.52. The zero-order chi connectivity index (χ0) is 12.1. The monoisotopic (exact) mass is 225 g/mol. The first-order chi connectivity index (χ1) is 7.54. The fourth-order valence-electron chi connectivity index (χ4n) is 1.74. The number of ether oxygens (including phenoxy) is 1. The maximum Gasteiger partial charge on any atom is 0.129 e. The van der Waals surface area contributed by atoms with Crippen LogP contribution in [-0.2, 0) is 11.3 Å². The van der Waals surface area contributed by atoms with Crippen molar-refractivity contribution in [2.45, 2.75) is 33.4 Å². The fourth-order valence-corrected chi connectivity index (χ4v) is 1.74. The van der Waals surface area contributed by atoms with Crippen molar-refractivity contribution in [1.29, 1.82) is 0 Å². The number of rotatable bonds is 5. The van der Waals surface area contributed by atoms with Gasteiger partial charge in [-0.2, -0.15) is 0 Å². The van der Waals surface area contributed by atoms with Crippen molar-refractivity contribution >= 4 is 0 Å². The molecule has 1 aromatic carbocycles. The summed E-state index contributed by atoms with van der Waals surface area (Å²) in [7, 11) is 1.68. The van der Waals surface area contributed by atoms with E-state index in [9.17, 15) is 4.39 Å². The quantitative estimate of drug-likeness (QED) is 0.831. The molecular formula is C13H20FNO. The second-order valence-electron chi connectivity index (χ2n) is 4.28. The van der Waals surface area contributed by atoms with Crippen LogP contribution in [0.5, 0.6) is 0 Å². The van der Waals surface area contributed by atoms with Crippen LogP contribution in [0.4, 0.5) is 4.39 Å². The Morgan fingerprint density at radius 3 is 2.38 bits per heavy atom. The molecule has 1 aromatic rings. The van der Waals surface area contributed by atoms with Gasteiger partial charge in [0, 0.05) is 19.7 Å². The van der Waals surface area contributed by atoms with Gasteiger partial charge in [0.2, 0.25) is 0 Å². The minimum Gasteiger partial charge on any atom is -0.383 e. The molecule has 0 aliphatic carbocycles. The van der Waals surface area contributed by atoms with Gasteiger partial charge in [0.25, 0.3) is 0 Å². The van der Waals surface area contributed by atoms with Gasteiger partial charge in [0.05, 0.1) is 6.61 Å². The molecule has 1 N–H and O–H groups in total. The summed E-state index contributed by atoms with van der Waals surface area (Å²) in [5, 5.41) is 3.33. The van der Waals surface area contributed by atoms with Crippen LogP contribution < -0.4 is 5.32 Å². The normalized spacial score (nSPS) is 12.8. The summed E-state index contributed by atoms with van der Waals surface area (Å²) in [6.07, 6.45) is 0. The molecule has 0 spiro atoms. The second-order valence-corrected chi connectivity index (χ2v) is 4.28. The molecule has 0 aliphatic heterocycles. The van der Waals surface area contributed by atoms with Gasteiger partial charge >= 0.3 is 0 Å². The van der Waals surface area contributed by atoms with E-state index in [-0.39, 0.29) is 5.82 Å². The van der Waals surface area contributed by atoms with Gasteiger partial charge in [-0.25, -0.2) is 4.39 Å². The van der Waals surface area contributed by atoms with E-state index < -0.39 is 0 Å². The molecule has 3 heteroatoms. The van der Waals surface area contributed by atoms with Crippen molar-refractivity contribution in [1.82, 2.24) is 5.32 Å². The number of methoxy groups -OCH3 is 1. The Balaban J connectivity index is 2.61. The minimum atomic E-state index is -0.103. The molecule has 1 rings (SSSR count). The van der Waals surface area contributed by atoms with Gasteiger partial charge in [-0.3, -0.25) is 0 Å². The molecule has 90 valence electrons. The first kappa shape index (κ1) is 13.1. The van der Waals surface area contributed by atoms with E-state index in [4.69, 9.17) is 4.74 Å². The van der Waals surface area contributed by atoms with Crippen LogP contribution in [0.3, 0.4) is 0 Å². The van der Waals surface area contributed by atoms with Crippen molar-refractivity contribution in [3.05, 3.63) is 34.6 Å². The minimum absolute atomic E-state index is 0.103. The summed E-state index contributed by atoms with van der Waals surface area (Å²) >= 11 is 0. The lowest BCUT2D eigenvalue weighted by atomic mass is 10.1. The van der Waals surface area contributed by atoms with Crippen molar-refractivity contribution in [3.63, 3.8) is 0 Å². The lowest BCUT2D eigenvalue weighted by molar-refractivity contribution is 0.171. The Kier molecular flexibility index (Phi) is 4.90. The number of hydrogen-bond acceptors (Lipinski definition) is 2. The van der Waals surface area contributed by atoms with Crippen molar-refractivity contribution in [2.24, 2.45) is 0 Å². The van der Waals surface area contributed by atoms with E-state index >= 15 is 0 Å². The Morgan fingerprint density at radius 2 is 1.88 bits per heavy atom. The van der Waals surface area contributed by atoms with E-state index in [1.807, 2.05) is 12.1 Å². The number of halogens is 1. The number of benzene rings is 1. The maximum atomic E-state index is 13.4. The standard InChI is InChI=1S/C13H20FNO/c1-9-5-12(6-10(2)13(9)14)7-15-11(3)8-16-4/h5-6,11,15H,7-8H2,1-4H3. The van der Waals surface area contributed by atoms with E-state index in [0.717, 1.165) is 12.1 Å². The summed E-state index contributed by atoms with van der Waals surface area (Å²) < 4.78 is 18.4. The highest BCUT2D eigenvalue weighted by atomic mass is 19.1. The Morgan fingerprint density at radius 1 is 1.31 bits per heavy atom. The van der Waals surface area contributed by atoms with Crippen LogP contribution >= 0.6 is 0 Å². The molecule has 0 bridgehead atoms.